The second kappa shape index (κ2) is 6.23. The third-order valence-electron chi connectivity index (χ3n) is 3.84. The molecular weight excluding hydrogens is 306 g/mol. The first-order valence-electron chi connectivity index (χ1n) is 7.70. The molecule has 0 aliphatic rings. The molecule has 124 valence electrons. The van der Waals surface area contributed by atoms with Gasteiger partial charge in [-0.25, -0.2) is 0 Å². The van der Waals surface area contributed by atoms with Gasteiger partial charge in [-0.1, -0.05) is 13.8 Å². The van der Waals surface area contributed by atoms with E-state index in [1.807, 2.05) is 20.8 Å². The van der Waals surface area contributed by atoms with Crippen molar-refractivity contribution in [3.8, 4) is 17.2 Å². The predicted molar refractivity (Wildman–Crippen MR) is 91.2 cm³/mol. The second-order valence-corrected chi connectivity index (χ2v) is 5.98. The molecule has 1 amide bonds. The highest BCUT2D eigenvalue weighted by molar-refractivity contribution is 6.03. The normalized spacial score (nSPS) is 11.0. The van der Waals surface area contributed by atoms with Gasteiger partial charge in [0.25, 0.3) is 5.91 Å². The van der Waals surface area contributed by atoms with E-state index < -0.39 is 0 Å². The summed E-state index contributed by atoms with van der Waals surface area (Å²) in [5.74, 6) is 0.676. The van der Waals surface area contributed by atoms with Crippen molar-refractivity contribution >= 4 is 11.6 Å². The Balaban J connectivity index is 1.84. The number of rotatable bonds is 4. The maximum atomic E-state index is 12.4. The minimum Gasteiger partial charge on any atom is -0.508 e. The molecule has 0 aliphatic carbocycles. The SMILES string of the molecule is Cc1cc(O)c(C(C)C)cc1NC(=O)c1cc(-c2ccco2)[nH]n1. The number of aromatic nitrogens is 2. The van der Waals surface area contributed by atoms with E-state index in [2.05, 4.69) is 15.5 Å². The minimum atomic E-state index is -0.326. The molecule has 24 heavy (non-hydrogen) atoms. The van der Waals surface area contributed by atoms with Crippen LogP contribution in [0.5, 0.6) is 5.75 Å². The number of benzene rings is 1. The van der Waals surface area contributed by atoms with Crippen LogP contribution in [0.15, 0.2) is 41.0 Å². The molecule has 2 aromatic heterocycles. The van der Waals surface area contributed by atoms with E-state index in [4.69, 9.17) is 4.42 Å². The molecule has 0 aliphatic heterocycles. The molecule has 0 spiro atoms. The number of H-pyrrole nitrogens is 1. The van der Waals surface area contributed by atoms with Gasteiger partial charge >= 0.3 is 0 Å². The average Bonchev–Trinajstić information content (AvgIpc) is 3.19. The molecule has 0 atom stereocenters. The van der Waals surface area contributed by atoms with Crippen molar-refractivity contribution in [2.45, 2.75) is 26.7 Å². The van der Waals surface area contributed by atoms with Crippen molar-refractivity contribution < 1.29 is 14.3 Å². The number of carbonyl (C=O) groups is 1. The summed E-state index contributed by atoms with van der Waals surface area (Å²) in [5.41, 5.74) is 3.13. The van der Waals surface area contributed by atoms with E-state index in [1.54, 1.807) is 36.6 Å². The third-order valence-corrected chi connectivity index (χ3v) is 3.84. The molecule has 1 aromatic carbocycles. The summed E-state index contributed by atoms with van der Waals surface area (Å²) in [5, 5.41) is 19.7. The van der Waals surface area contributed by atoms with E-state index in [0.29, 0.717) is 17.1 Å². The molecular formula is C18H19N3O3. The number of aromatic amines is 1. The first kappa shape index (κ1) is 15.9. The summed E-state index contributed by atoms with van der Waals surface area (Å²) in [4.78, 5) is 12.4. The van der Waals surface area contributed by atoms with Crippen molar-refractivity contribution in [3.05, 3.63) is 53.4 Å². The Hall–Kier alpha value is -3.02. The number of phenolic OH excluding ortho intramolecular Hbond substituents is 1. The van der Waals surface area contributed by atoms with Crippen molar-refractivity contribution in [2.75, 3.05) is 5.32 Å². The Morgan fingerprint density at radius 1 is 1.33 bits per heavy atom. The van der Waals surface area contributed by atoms with Crippen LogP contribution in [0.4, 0.5) is 5.69 Å². The molecule has 6 heteroatoms. The molecule has 0 fully saturated rings. The van der Waals surface area contributed by atoms with Gasteiger partial charge in [0.1, 0.15) is 11.4 Å². The first-order chi connectivity index (χ1) is 11.5. The molecule has 3 N–H and O–H groups in total. The van der Waals surface area contributed by atoms with Gasteiger partial charge in [-0.2, -0.15) is 5.10 Å². The minimum absolute atomic E-state index is 0.150. The van der Waals surface area contributed by atoms with Gasteiger partial charge in [-0.15, -0.1) is 0 Å². The lowest BCUT2D eigenvalue weighted by atomic mass is 9.99. The Labute approximate surface area is 139 Å². The zero-order valence-electron chi connectivity index (χ0n) is 13.8. The van der Waals surface area contributed by atoms with Crippen molar-refractivity contribution in [1.82, 2.24) is 10.2 Å². The van der Waals surface area contributed by atoms with Gasteiger partial charge in [-0.3, -0.25) is 9.89 Å². The molecule has 3 rings (SSSR count). The van der Waals surface area contributed by atoms with Crippen LogP contribution >= 0.6 is 0 Å². The van der Waals surface area contributed by atoms with Crippen LogP contribution < -0.4 is 5.32 Å². The van der Waals surface area contributed by atoms with Gasteiger partial charge in [-0.05, 0) is 48.2 Å². The van der Waals surface area contributed by atoms with Crippen molar-refractivity contribution in [1.29, 1.82) is 0 Å². The zero-order chi connectivity index (χ0) is 17.3. The van der Waals surface area contributed by atoms with Crippen LogP contribution in [-0.2, 0) is 0 Å². The maximum Gasteiger partial charge on any atom is 0.276 e. The lowest BCUT2D eigenvalue weighted by molar-refractivity contribution is 0.102. The average molecular weight is 325 g/mol. The van der Waals surface area contributed by atoms with Crippen LogP contribution in [0.1, 0.15) is 41.4 Å². The Morgan fingerprint density at radius 2 is 2.12 bits per heavy atom. The standard InChI is InChI=1S/C18H19N3O3/c1-10(2)12-8-13(11(3)7-16(12)22)19-18(23)15-9-14(20-21-15)17-5-4-6-24-17/h4-10,22H,1-3H3,(H,19,23)(H,20,21). The van der Waals surface area contributed by atoms with Gasteiger partial charge in [0.2, 0.25) is 0 Å². The number of hydrogen-bond acceptors (Lipinski definition) is 4. The Kier molecular flexibility index (Phi) is 4.12. The van der Waals surface area contributed by atoms with Crippen LogP contribution in [-0.4, -0.2) is 21.2 Å². The van der Waals surface area contributed by atoms with Gasteiger partial charge < -0.3 is 14.8 Å². The largest absolute Gasteiger partial charge is 0.508 e. The quantitative estimate of drug-likeness (QED) is 0.631. The third kappa shape index (κ3) is 3.03. The predicted octanol–water partition coefficient (Wildman–Crippen LogP) is 4.06. The van der Waals surface area contributed by atoms with Crippen molar-refractivity contribution in [3.63, 3.8) is 0 Å². The highest BCUT2D eigenvalue weighted by Gasteiger charge is 2.16. The number of hydrogen-bond donors (Lipinski definition) is 3. The number of phenols is 1. The summed E-state index contributed by atoms with van der Waals surface area (Å²) >= 11 is 0. The molecule has 2 heterocycles. The van der Waals surface area contributed by atoms with Crippen LogP contribution in [0.2, 0.25) is 0 Å². The molecule has 6 nitrogen and oxygen atoms in total. The number of aromatic hydroxyl groups is 1. The van der Waals surface area contributed by atoms with Crippen LogP contribution in [0, 0.1) is 6.92 Å². The van der Waals surface area contributed by atoms with E-state index in [9.17, 15) is 9.90 Å². The van der Waals surface area contributed by atoms with E-state index in [1.165, 1.54) is 0 Å². The van der Waals surface area contributed by atoms with E-state index in [0.717, 1.165) is 11.1 Å². The number of aryl methyl sites for hydroxylation is 1. The molecule has 0 saturated heterocycles. The highest BCUT2D eigenvalue weighted by Crippen LogP contribution is 2.31. The molecule has 0 unspecified atom stereocenters. The highest BCUT2D eigenvalue weighted by atomic mass is 16.3. The number of carbonyl (C=O) groups excluding carboxylic acids is 1. The van der Waals surface area contributed by atoms with Crippen LogP contribution in [0.3, 0.4) is 0 Å². The zero-order valence-corrected chi connectivity index (χ0v) is 13.8. The fourth-order valence-corrected chi connectivity index (χ4v) is 2.49. The summed E-state index contributed by atoms with van der Waals surface area (Å²) < 4.78 is 5.27. The smallest absolute Gasteiger partial charge is 0.276 e. The number of furan rings is 1. The van der Waals surface area contributed by atoms with Gasteiger partial charge in [0.15, 0.2) is 11.5 Å². The summed E-state index contributed by atoms with van der Waals surface area (Å²) in [7, 11) is 0. The lowest BCUT2D eigenvalue weighted by Gasteiger charge is -2.14. The van der Waals surface area contributed by atoms with E-state index >= 15 is 0 Å². The molecule has 0 radical (unpaired) electrons. The lowest BCUT2D eigenvalue weighted by Crippen LogP contribution is -2.13. The van der Waals surface area contributed by atoms with Crippen molar-refractivity contribution in [2.24, 2.45) is 0 Å². The molecule has 0 saturated carbocycles. The summed E-state index contributed by atoms with van der Waals surface area (Å²) in [6.45, 7) is 5.80. The Bertz CT molecular complexity index is 864. The number of amides is 1. The van der Waals surface area contributed by atoms with Gasteiger partial charge in [0.05, 0.1) is 6.26 Å². The fraction of sp³-hybridized carbons (Fsp3) is 0.222. The summed E-state index contributed by atoms with van der Waals surface area (Å²) in [6, 6.07) is 8.64. The number of nitrogens with one attached hydrogen (secondary N) is 2. The topological polar surface area (TPSA) is 91.1 Å². The van der Waals surface area contributed by atoms with Gasteiger partial charge in [0, 0.05) is 11.8 Å². The molecule has 0 bridgehead atoms. The van der Waals surface area contributed by atoms with Crippen LogP contribution in [0.25, 0.3) is 11.5 Å². The fourth-order valence-electron chi connectivity index (χ4n) is 2.49. The monoisotopic (exact) mass is 325 g/mol. The number of nitrogens with zero attached hydrogens (tertiary/aromatic N) is 1. The first-order valence-corrected chi connectivity index (χ1v) is 7.70. The Morgan fingerprint density at radius 3 is 2.79 bits per heavy atom. The molecule has 3 aromatic rings. The number of anilines is 1. The summed E-state index contributed by atoms with van der Waals surface area (Å²) in [6.07, 6.45) is 1.56. The van der Waals surface area contributed by atoms with E-state index in [-0.39, 0.29) is 23.3 Å². The maximum absolute atomic E-state index is 12.4. The second-order valence-electron chi connectivity index (χ2n) is 5.98.